The highest BCUT2D eigenvalue weighted by molar-refractivity contribution is 9.10. The highest BCUT2D eigenvalue weighted by atomic mass is 79.9. The van der Waals surface area contributed by atoms with Crippen molar-refractivity contribution in [3.63, 3.8) is 0 Å². The Labute approximate surface area is 216 Å². The standard InChI is InChI=1S/C24H16BrClN4O6/c1-13-28-20-7-6-17(25)10-18(20)23(31)29(13)27-11-15-8-19(26)22(21(9-15)30(34)35)36-12-14-2-4-16(5-3-14)24(32)33/h2-11H,12H2,1H3,(H,32,33). The first-order chi connectivity index (χ1) is 17.1. The van der Waals surface area contributed by atoms with Crippen molar-refractivity contribution in [2.75, 3.05) is 0 Å². The van der Waals surface area contributed by atoms with Crippen LogP contribution in [-0.4, -0.2) is 31.9 Å². The van der Waals surface area contributed by atoms with Gasteiger partial charge in [-0.3, -0.25) is 14.9 Å². The van der Waals surface area contributed by atoms with Gasteiger partial charge in [0.2, 0.25) is 5.75 Å². The van der Waals surface area contributed by atoms with E-state index < -0.39 is 22.1 Å². The molecule has 0 unspecified atom stereocenters. The quantitative estimate of drug-likeness (QED) is 0.183. The van der Waals surface area contributed by atoms with Gasteiger partial charge < -0.3 is 9.84 Å². The molecular weight excluding hydrogens is 556 g/mol. The molecule has 0 saturated heterocycles. The second-order valence-electron chi connectivity index (χ2n) is 7.58. The van der Waals surface area contributed by atoms with Gasteiger partial charge in [-0.15, -0.1) is 0 Å². The van der Waals surface area contributed by atoms with Crippen LogP contribution in [0.5, 0.6) is 5.75 Å². The van der Waals surface area contributed by atoms with E-state index in [1.54, 1.807) is 37.3 Å². The summed E-state index contributed by atoms with van der Waals surface area (Å²) in [6.07, 6.45) is 1.27. The molecule has 1 aromatic heterocycles. The number of nitrogens with zero attached hydrogens (tertiary/aromatic N) is 4. The minimum absolute atomic E-state index is 0.0301. The molecule has 0 bridgehead atoms. The van der Waals surface area contributed by atoms with Gasteiger partial charge in [-0.25, -0.2) is 9.78 Å². The predicted molar refractivity (Wildman–Crippen MR) is 137 cm³/mol. The maximum atomic E-state index is 12.9. The van der Waals surface area contributed by atoms with Gasteiger partial charge in [-0.2, -0.15) is 9.78 Å². The lowest BCUT2D eigenvalue weighted by Gasteiger charge is -2.10. The number of nitro groups is 1. The van der Waals surface area contributed by atoms with Crippen LogP contribution in [0.2, 0.25) is 5.02 Å². The zero-order valence-electron chi connectivity index (χ0n) is 18.5. The molecule has 182 valence electrons. The predicted octanol–water partition coefficient (Wildman–Crippen LogP) is 5.19. The summed E-state index contributed by atoms with van der Waals surface area (Å²) in [6.45, 7) is 1.55. The molecule has 4 aromatic rings. The Kier molecular flexibility index (Phi) is 7.13. The van der Waals surface area contributed by atoms with Crippen molar-refractivity contribution in [3.05, 3.63) is 107 Å². The molecular formula is C24H16BrClN4O6. The van der Waals surface area contributed by atoms with Crippen LogP contribution < -0.4 is 10.3 Å². The largest absolute Gasteiger partial charge is 0.481 e. The molecule has 12 heteroatoms. The fourth-order valence-electron chi connectivity index (χ4n) is 3.37. The molecule has 0 aliphatic rings. The summed E-state index contributed by atoms with van der Waals surface area (Å²) in [5.74, 6) is -0.879. The van der Waals surface area contributed by atoms with E-state index in [1.165, 1.54) is 30.5 Å². The topological polar surface area (TPSA) is 137 Å². The Morgan fingerprint density at radius 1 is 1.25 bits per heavy atom. The van der Waals surface area contributed by atoms with E-state index in [0.717, 1.165) is 4.68 Å². The first kappa shape index (κ1) is 25.0. The van der Waals surface area contributed by atoms with Gasteiger partial charge in [-0.05, 0) is 48.9 Å². The highest BCUT2D eigenvalue weighted by Gasteiger charge is 2.21. The number of carboxylic acids is 1. The Morgan fingerprint density at radius 2 is 1.97 bits per heavy atom. The van der Waals surface area contributed by atoms with Crippen molar-refractivity contribution in [1.82, 2.24) is 9.66 Å². The molecule has 0 radical (unpaired) electrons. The average Bonchev–Trinajstić information content (AvgIpc) is 2.83. The second kappa shape index (κ2) is 10.3. The fraction of sp³-hybridized carbons (Fsp3) is 0.0833. The molecule has 0 atom stereocenters. The van der Waals surface area contributed by atoms with E-state index in [2.05, 4.69) is 26.0 Å². The lowest BCUT2D eigenvalue weighted by molar-refractivity contribution is -0.385. The molecule has 1 N–H and O–H groups in total. The monoisotopic (exact) mass is 570 g/mol. The first-order valence-corrected chi connectivity index (χ1v) is 11.5. The zero-order chi connectivity index (χ0) is 26.0. The lowest BCUT2D eigenvalue weighted by atomic mass is 10.1. The van der Waals surface area contributed by atoms with Crippen molar-refractivity contribution in [3.8, 4) is 5.75 Å². The Morgan fingerprint density at radius 3 is 2.64 bits per heavy atom. The minimum atomic E-state index is -1.07. The number of hydrogen-bond donors (Lipinski definition) is 1. The molecule has 0 aliphatic heterocycles. The van der Waals surface area contributed by atoms with Crippen LogP contribution in [0.4, 0.5) is 5.69 Å². The van der Waals surface area contributed by atoms with Crippen molar-refractivity contribution in [2.24, 2.45) is 5.10 Å². The van der Waals surface area contributed by atoms with E-state index >= 15 is 0 Å². The third-order valence-corrected chi connectivity index (χ3v) is 5.89. The maximum Gasteiger partial charge on any atom is 0.335 e. The van der Waals surface area contributed by atoms with Gasteiger partial charge >= 0.3 is 11.7 Å². The smallest absolute Gasteiger partial charge is 0.335 e. The number of benzene rings is 3. The third kappa shape index (κ3) is 5.26. The molecule has 0 aliphatic carbocycles. The van der Waals surface area contributed by atoms with Crippen LogP contribution in [0.15, 0.2) is 69.0 Å². The number of ether oxygens (including phenoxy) is 1. The summed E-state index contributed by atoms with van der Waals surface area (Å²) in [5.41, 5.74) is 0.701. The SMILES string of the molecule is Cc1nc2ccc(Br)cc2c(=O)n1N=Cc1cc(Cl)c(OCc2ccc(C(=O)O)cc2)c([N+](=O)[O-])c1. The van der Waals surface area contributed by atoms with Crippen LogP contribution in [0, 0.1) is 17.0 Å². The number of hydrogen-bond acceptors (Lipinski definition) is 7. The summed E-state index contributed by atoms with van der Waals surface area (Å²) < 4.78 is 7.40. The van der Waals surface area contributed by atoms with E-state index in [0.29, 0.717) is 26.8 Å². The van der Waals surface area contributed by atoms with E-state index in [-0.39, 0.29) is 28.5 Å². The average molecular weight is 572 g/mol. The van der Waals surface area contributed by atoms with Crippen LogP contribution in [0.3, 0.4) is 0 Å². The van der Waals surface area contributed by atoms with E-state index in [1.807, 2.05) is 0 Å². The van der Waals surface area contributed by atoms with Crippen LogP contribution in [0.1, 0.15) is 27.3 Å². The number of fused-ring (bicyclic) bond motifs is 1. The number of aryl methyl sites for hydroxylation is 1. The van der Waals surface area contributed by atoms with Crippen LogP contribution in [0.25, 0.3) is 10.9 Å². The Balaban J connectivity index is 1.64. The van der Waals surface area contributed by atoms with Gasteiger partial charge in [0, 0.05) is 16.1 Å². The summed E-state index contributed by atoms with van der Waals surface area (Å²) in [7, 11) is 0. The second-order valence-corrected chi connectivity index (χ2v) is 8.90. The summed E-state index contributed by atoms with van der Waals surface area (Å²) in [5, 5.41) is 25.2. The summed E-state index contributed by atoms with van der Waals surface area (Å²) in [6, 6.07) is 13.7. The normalized spacial score (nSPS) is 11.2. The molecule has 36 heavy (non-hydrogen) atoms. The summed E-state index contributed by atoms with van der Waals surface area (Å²) in [4.78, 5) is 39.3. The molecule has 4 rings (SSSR count). The van der Waals surface area contributed by atoms with Crippen LogP contribution >= 0.6 is 27.5 Å². The van der Waals surface area contributed by atoms with Gasteiger partial charge in [0.1, 0.15) is 12.4 Å². The Hall–Kier alpha value is -4.09. The first-order valence-electron chi connectivity index (χ1n) is 10.3. The zero-order valence-corrected chi connectivity index (χ0v) is 20.9. The fourth-order valence-corrected chi connectivity index (χ4v) is 4.01. The van der Waals surface area contributed by atoms with Crippen molar-refractivity contribution < 1.29 is 19.6 Å². The number of aromatic carboxylic acids is 1. The summed E-state index contributed by atoms with van der Waals surface area (Å²) >= 11 is 9.63. The van der Waals surface area contributed by atoms with E-state index in [9.17, 15) is 19.7 Å². The number of carbonyl (C=O) groups is 1. The molecule has 1 heterocycles. The van der Waals surface area contributed by atoms with Gasteiger partial charge in [-0.1, -0.05) is 39.7 Å². The maximum absolute atomic E-state index is 12.9. The van der Waals surface area contributed by atoms with Crippen molar-refractivity contribution in [1.29, 1.82) is 0 Å². The molecule has 0 amide bonds. The number of rotatable bonds is 7. The van der Waals surface area contributed by atoms with Gasteiger partial charge in [0.05, 0.1) is 32.6 Å². The lowest BCUT2D eigenvalue weighted by Crippen LogP contribution is -2.20. The number of nitro benzene ring substituents is 1. The minimum Gasteiger partial charge on any atom is -0.481 e. The number of halogens is 2. The van der Waals surface area contributed by atoms with Crippen LogP contribution in [-0.2, 0) is 6.61 Å². The molecule has 10 nitrogen and oxygen atoms in total. The molecule has 0 spiro atoms. The van der Waals surface area contributed by atoms with Crippen molar-refractivity contribution >= 4 is 56.3 Å². The number of aromatic nitrogens is 2. The van der Waals surface area contributed by atoms with Gasteiger partial charge in [0.25, 0.3) is 5.56 Å². The highest BCUT2D eigenvalue weighted by Crippen LogP contribution is 2.36. The Bertz CT molecular complexity index is 1600. The van der Waals surface area contributed by atoms with Crippen molar-refractivity contribution in [2.45, 2.75) is 13.5 Å². The molecule has 0 saturated carbocycles. The van der Waals surface area contributed by atoms with Gasteiger partial charge in [0.15, 0.2) is 0 Å². The number of carboxylic acid groups (broad SMARTS) is 1. The molecule has 3 aromatic carbocycles. The third-order valence-electron chi connectivity index (χ3n) is 5.12. The molecule has 0 fully saturated rings. The van der Waals surface area contributed by atoms with E-state index in [4.69, 9.17) is 21.4 Å².